The topological polar surface area (TPSA) is 73.2 Å². The summed E-state index contributed by atoms with van der Waals surface area (Å²) >= 11 is 5.19. The third kappa shape index (κ3) is 4.80. The Morgan fingerprint density at radius 2 is 2.30 bits per heavy atom. The Morgan fingerprint density at radius 3 is 3.04 bits per heavy atom. The van der Waals surface area contributed by atoms with Crippen molar-refractivity contribution in [2.24, 2.45) is 0 Å². The van der Waals surface area contributed by atoms with Crippen molar-refractivity contribution in [3.8, 4) is 0 Å². The SMILES string of the molecule is CCSc1cc2c(=O)n(CC(=O)C[C@H]3NCCC[C@@H]3OC)cnc2cc1Br. The molecule has 1 aromatic heterocycles. The van der Waals surface area contributed by atoms with E-state index < -0.39 is 0 Å². The van der Waals surface area contributed by atoms with E-state index in [-0.39, 0.29) is 30.0 Å². The molecular formula is C19H24BrN3O3S. The summed E-state index contributed by atoms with van der Waals surface area (Å²) in [5.74, 6) is 0.909. The van der Waals surface area contributed by atoms with Gasteiger partial charge in [-0.2, -0.15) is 0 Å². The Bertz CT molecular complexity index is 886. The van der Waals surface area contributed by atoms with Crippen molar-refractivity contribution >= 4 is 44.4 Å². The van der Waals surface area contributed by atoms with E-state index in [1.807, 2.05) is 12.1 Å². The predicted octanol–water partition coefficient (Wildman–Crippen LogP) is 3.00. The number of aromatic nitrogens is 2. The van der Waals surface area contributed by atoms with Crippen molar-refractivity contribution in [1.29, 1.82) is 0 Å². The number of rotatable bonds is 7. The van der Waals surface area contributed by atoms with Gasteiger partial charge in [0.05, 0.1) is 29.9 Å². The van der Waals surface area contributed by atoms with Gasteiger partial charge >= 0.3 is 0 Å². The summed E-state index contributed by atoms with van der Waals surface area (Å²) in [6, 6.07) is 3.72. The first-order valence-corrected chi connectivity index (χ1v) is 10.9. The molecule has 1 aromatic carbocycles. The summed E-state index contributed by atoms with van der Waals surface area (Å²) in [5, 5.41) is 3.89. The maximum atomic E-state index is 12.9. The van der Waals surface area contributed by atoms with Gasteiger partial charge in [-0.25, -0.2) is 4.98 Å². The normalized spacial score (nSPS) is 20.1. The molecule has 146 valence electrons. The van der Waals surface area contributed by atoms with Gasteiger partial charge in [-0.3, -0.25) is 14.2 Å². The van der Waals surface area contributed by atoms with Gasteiger partial charge in [0.2, 0.25) is 0 Å². The summed E-state index contributed by atoms with van der Waals surface area (Å²) < 4.78 is 7.81. The van der Waals surface area contributed by atoms with Gasteiger partial charge in [0.1, 0.15) is 0 Å². The summed E-state index contributed by atoms with van der Waals surface area (Å²) in [4.78, 5) is 30.8. The van der Waals surface area contributed by atoms with E-state index >= 15 is 0 Å². The van der Waals surface area contributed by atoms with Crippen molar-refractivity contribution in [2.45, 2.75) is 49.8 Å². The van der Waals surface area contributed by atoms with Gasteiger partial charge < -0.3 is 10.1 Å². The number of hydrogen-bond acceptors (Lipinski definition) is 6. The van der Waals surface area contributed by atoms with Crippen LogP contribution >= 0.6 is 27.7 Å². The fourth-order valence-electron chi connectivity index (χ4n) is 3.45. The van der Waals surface area contributed by atoms with Gasteiger partial charge in [-0.15, -0.1) is 11.8 Å². The highest BCUT2D eigenvalue weighted by Crippen LogP contribution is 2.30. The lowest BCUT2D eigenvalue weighted by molar-refractivity contribution is -0.121. The van der Waals surface area contributed by atoms with Crippen LogP contribution in [0.2, 0.25) is 0 Å². The van der Waals surface area contributed by atoms with Gasteiger partial charge in [-0.05, 0) is 53.2 Å². The molecule has 6 nitrogen and oxygen atoms in total. The van der Waals surface area contributed by atoms with E-state index in [2.05, 4.69) is 33.2 Å². The number of benzene rings is 1. The lowest BCUT2D eigenvalue weighted by atomic mass is 9.96. The molecule has 1 saturated heterocycles. The summed E-state index contributed by atoms with van der Waals surface area (Å²) in [7, 11) is 1.68. The van der Waals surface area contributed by atoms with Crippen LogP contribution in [0.1, 0.15) is 26.2 Å². The van der Waals surface area contributed by atoms with Crippen LogP contribution in [0.5, 0.6) is 0 Å². The van der Waals surface area contributed by atoms with Gasteiger partial charge in [0, 0.05) is 28.9 Å². The van der Waals surface area contributed by atoms with E-state index in [0.717, 1.165) is 34.5 Å². The van der Waals surface area contributed by atoms with Crippen LogP contribution in [0, 0.1) is 0 Å². The van der Waals surface area contributed by atoms with E-state index in [4.69, 9.17) is 4.74 Å². The Hall–Kier alpha value is -1.22. The predicted molar refractivity (Wildman–Crippen MR) is 112 cm³/mol. The third-order valence-corrected chi connectivity index (χ3v) is 6.65. The smallest absolute Gasteiger partial charge is 0.261 e. The second-order valence-electron chi connectivity index (χ2n) is 6.63. The first-order chi connectivity index (χ1) is 13.0. The van der Waals surface area contributed by atoms with E-state index in [0.29, 0.717) is 17.3 Å². The van der Waals surface area contributed by atoms with Crippen LogP contribution in [-0.4, -0.2) is 46.9 Å². The number of halogens is 1. The monoisotopic (exact) mass is 453 g/mol. The molecular weight excluding hydrogens is 430 g/mol. The fourth-order valence-corrected chi connectivity index (χ4v) is 4.83. The van der Waals surface area contributed by atoms with Gasteiger partial charge in [0.25, 0.3) is 5.56 Å². The van der Waals surface area contributed by atoms with Gasteiger partial charge in [0.15, 0.2) is 5.78 Å². The highest BCUT2D eigenvalue weighted by atomic mass is 79.9. The second kappa shape index (κ2) is 9.32. The Labute approximate surface area is 171 Å². The zero-order valence-electron chi connectivity index (χ0n) is 15.5. The van der Waals surface area contributed by atoms with Crippen molar-refractivity contribution in [2.75, 3.05) is 19.4 Å². The van der Waals surface area contributed by atoms with Crippen molar-refractivity contribution in [3.05, 3.63) is 33.3 Å². The average molecular weight is 454 g/mol. The molecule has 2 aromatic rings. The van der Waals surface area contributed by atoms with Crippen LogP contribution in [0.3, 0.4) is 0 Å². The number of hydrogen-bond donors (Lipinski definition) is 1. The number of Topliss-reactive ketones (excluding diaryl/α,β-unsaturated/α-hetero) is 1. The molecule has 0 unspecified atom stereocenters. The zero-order valence-corrected chi connectivity index (χ0v) is 17.9. The minimum absolute atomic E-state index is 0.0000293. The van der Waals surface area contributed by atoms with Crippen molar-refractivity contribution in [1.82, 2.24) is 14.9 Å². The number of methoxy groups -OCH3 is 1. The molecule has 3 rings (SSSR count). The van der Waals surface area contributed by atoms with Crippen LogP contribution in [0.15, 0.2) is 32.6 Å². The van der Waals surface area contributed by atoms with Crippen molar-refractivity contribution < 1.29 is 9.53 Å². The van der Waals surface area contributed by atoms with Crippen LogP contribution in [0.4, 0.5) is 0 Å². The zero-order chi connectivity index (χ0) is 19.4. The Kier molecular flexibility index (Phi) is 7.08. The van der Waals surface area contributed by atoms with Crippen LogP contribution < -0.4 is 10.9 Å². The summed E-state index contributed by atoms with van der Waals surface area (Å²) in [6.45, 7) is 2.98. The maximum Gasteiger partial charge on any atom is 0.261 e. The molecule has 8 heteroatoms. The quantitative estimate of drug-likeness (QED) is 0.649. The third-order valence-electron chi connectivity index (χ3n) is 4.80. The number of carbonyl (C=O) groups is 1. The van der Waals surface area contributed by atoms with Crippen molar-refractivity contribution in [3.63, 3.8) is 0 Å². The Morgan fingerprint density at radius 1 is 1.48 bits per heavy atom. The number of ether oxygens (including phenoxy) is 1. The highest BCUT2D eigenvalue weighted by molar-refractivity contribution is 9.10. The number of piperidine rings is 1. The maximum absolute atomic E-state index is 12.9. The standard InChI is InChI=1S/C19H24BrN3O3S/c1-3-27-18-8-13-15(9-14(18)20)22-11-23(19(13)25)10-12(24)7-16-17(26-2)5-4-6-21-16/h8-9,11,16-17,21H,3-7,10H2,1-2H3/t16-,17+/m1/s1. The first kappa shape index (κ1) is 20.5. The average Bonchev–Trinajstić information content (AvgIpc) is 2.66. The first-order valence-electron chi connectivity index (χ1n) is 9.12. The second-order valence-corrected chi connectivity index (χ2v) is 8.79. The number of fused-ring (bicyclic) bond motifs is 1. The fraction of sp³-hybridized carbons (Fsp3) is 0.526. The van der Waals surface area contributed by atoms with E-state index in [1.165, 1.54) is 10.9 Å². The lowest BCUT2D eigenvalue weighted by Gasteiger charge is -2.31. The summed E-state index contributed by atoms with van der Waals surface area (Å²) in [5.41, 5.74) is 0.447. The molecule has 1 fully saturated rings. The molecule has 0 bridgehead atoms. The Balaban J connectivity index is 1.80. The minimum Gasteiger partial charge on any atom is -0.380 e. The number of nitrogens with zero attached hydrogens (tertiary/aromatic N) is 2. The van der Waals surface area contributed by atoms with Crippen LogP contribution in [-0.2, 0) is 16.1 Å². The number of thioether (sulfide) groups is 1. The molecule has 2 atom stereocenters. The molecule has 0 aliphatic carbocycles. The largest absolute Gasteiger partial charge is 0.380 e. The van der Waals surface area contributed by atoms with E-state index in [9.17, 15) is 9.59 Å². The summed E-state index contributed by atoms with van der Waals surface area (Å²) in [6.07, 6.45) is 3.85. The molecule has 0 saturated carbocycles. The van der Waals surface area contributed by atoms with E-state index in [1.54, 1.807) is 18.9 Å². The molecule has 0 amide bonds. The molecule has 0 radical (unpaired) electrons. The number of nitrogens with one attached hydrogen (secondary N) is 1. The van der Waals surface area contributed by atoms with Gasteiger partial charge in [-0.1, -0.05) is 6.92 Å². The molecule has 1 aliphatic rings. The molecule has 0 spiro atoms. The molecule has 1 aliphatic heterocycles. The molecule has 1 N–H and O–H groups in total. The lowest BCUT2D eigenvalue weighted by Crippen LogP contribution is -2.47. The number of carbonyl (C=O) groups excluding carboxylic acids is 1. The molecule has 2 heterocycles. The number of ketones is 1. The minimum atomic E-state index is -0.182. The molecule has 27 heavy (non-hydrogen) atoms. The van der Waals surface area contributed by atoms with Crippen LogP contribution in [0.25, 0.3) is 10.9 Å². The highest BCUT2D eigenvalue weighted by Gasteiger charge is 2.26.